The summed E-state index contributed by atoms with van der Waals surface area (Å²) < 4.78 is 0. The number of nitrogens with zero attached hydrogens (tertiary/aromatic N) is 1. The summed E-state index contributed by atoms with van der Waals surface area (Å²) >= 11 is 0. The van der Waals surface area contributed by atoms with Gasteiger partial charge in [0.2, 0.25) is 5.91 Å². The summed E-state index contributed by atoms with van der Waals surface area (Å²) in [6.07, 6.45) is 1.28. The van der Waals surface area contributed by atoms with Crippen molar-refractivity contribution in [1.82, 2.24) is 4.90 Å². The van der Waals surface area contributed by atoms with Gasteiger partial charge in [-0.2, -0.15) is 0 Å². The molecule has 0 aromatic heterocycles. The van der Waals surface area contributed by atoms with Gasteiger partial charge >= 0.3 is 0 Å². The van der Waals surface area contributed by atoms with Crippen molar-refractivity contribution in [3.8, 4) is 0 Å². The van der Waals surface area contributed by atoms with E-state index >= 15 is 0 Å². The van der Waals surface area contributed by atoms with Crippen LogP contribution < -0.4 is 11.1 Å². The van der Waals surface area contributed by atoms with Gasteiger partial charge in [0.15, 0.2) is 0 Å². The van der Waals surface area contributed by atoms with Crippen LogP contribution in [0.4, 0.5) is 11.4 Å². The van der Waals surface area contributed by atoms with Crippen LogP contribution in [0.15, 0.2) is 18.2 Å². The van der Waals surface area contributed by atoms with Gasteiger partial charge in [0.05, 0.1) is 6.04 Å². The monoisotopic (exact) mass is 275 g/mol. The Morgan fingerprint density at radius 1 is 1.55 bits per heavy atom. The Morgan fingerprint density at radius 3 is 2.80 bits per heavy atom. The molecule has 1 aromatic carbocycles. The maximum absolute atomic E-state index is 12.3. The fourth-order valence-corrected chi connectivity index (χ4v) is 2.39. The van der Waals surface area contributed by atoms with Crippen LogP contribution in [-0.4, -0.2) is 30.4 Å². The predicted octanol–water partition coefficient (Wildman–Crippen LogP) is 2.49. The zero-order valence-corrected chi connectivity index (χ0v) is 12.8. The third-order valence-corrected chi connectivity index (χ3v) is 4.36. The van der Waals surface area contributed by atoms with Crippen LogP contribution in [0.25, 0.3) is 0 Å². The number of hydrogen-bond donors (Lipinski definition) is 2. The molecule has 2 rings (SSSR count). The molecule has 0 saturated heterocycles. The van der Waals surface area contributed by atoms with E-state index in [-0.39, 0.29) is 11.9 Å². The van der Waals surface area contributed by atoms with Crippen molar-refractivity contribution in [2.24, 2.45) is 11.8 Å². The molecule has 20 heavy (non-hydrogen) atoms. The van der Waals surface area contributed by atoms with E-state index in [1.807, 2.05) is 39.1 Å². The summed E-state index contributed by atoms with van der Waals surface area (Å²) in [7, 11) is 2.02. The first-order chi connectivity index (χ1) is 9.38. The van der Waals surface area contributed by atoms with Crippen molar-refractivity contribution in [1.29, 1.82) is 0 Å². The average Bonchev–Trinajstić information content (AvgIpc) is 3.08. The number of carbonyl (C=O) groups excluding carboxylic acids is 1. The van der Waals surface area contributed by atoms with Crippen LogP contribution in [0.5, 0.6) is 0 Å². The van der Waals surface area contributed by atoms with E-state index in [2.05, 4.69) is 17.1 Å². The van der Waals surface area contributed by atoms with Gasteiger partial charge in [0.1, 0.15) is 0 Å². The molecule has 1 aliphatic carbocycles. The topological polar surface area (TPSA) is 58.4 Å². The standard InChI is InChI=1S/C16H25N3O/c1-10-5-6-14(17)8-15(10)18-16(20)12(3)19(4)9-13-7-11(13)2/h5-6,8,11-13H,7,9,17H2,1-4H3,(H,18,20). The van der Waals surface area contributed by atoms with E-state index < -0.39 is 0 Å². The first-order valence-corrected chi connectivity index (χ1v) is 7.25. The molecule has 1 aliphatic rings. The molecule has 0 spiro atoms. The van der Waals surface area contributed by atoms with Crippen LogP contribution in [0.3, 0.4) is 0 Å². The van der Waals surface area contributed by atoms with E-state index in [1.54, 1.807) is 0 Å². The quantitative estimate of drug-likeness (QED) is 0.812. The Hall–Kier alpha value is -1.55. The molecule has 110 valence electrons. The summed E-state index contributed by atoms with van der Waals surface area (Å²) in [4.78, 5) is 14.4. The average molecular weight is 275 g/mol. The SMILES string of the molecule is Cc1ccc(N)cc1NC(=O)C(C)N(C)CC1CC1C. The number of carbonyl (C=O) groups is 1. The van der Waals surface area contributed by atoms with Crippen molar-refractivity contribution in [3.05, 3.63) is 23.8 Å². The van der Waals surface area contributed by atoms with Crippen LogP contribution in [-0.2, 0) is 4.79 Å². The Balaban J connectivity index is 1.94. The fraction of sp³-hybridized carbons (Fsp3) is 0.562. The van der Waals surface area contributed by atoms with Gasteiger partial charge in [0.25, 0.3) is 0 Å². The molecule has 4 nitrogen and oxygen atoms in total. The number of anilines is 2. The summed E-state index contributed by atoms with van der Waals surface area (Å²) in [6.45, 7) is 7.17. The first-order valence-electron chi connectivity index (χ1n) is 7.25. The summed E-state index contributed by atoms with van der Waals surface area (Å²) in [5, 5.41) is 2.98. The molecule has 1 fully saturated rings. The molecule has 1 aromatic rings. The third-order valence-electron chi connectivity index (χ3n) is 4.36. The van der Waals surface area contributed by atoms with Gasteiger partial charge in [-0.25, -0.2) is 0 Å². The molecule has 3 unspecified atom stereocenters. The number of aryl methyl sites for hydroxylation is 1. The van der Waals surface area contributed by atoms with Gasteiger partial charge in [0, 0.05) is 17.9 Å². The van der Waals surface area contributed by atoms with Crippen LogP contribution in [0, 0.1) is 18.8 Å². The van der Waals surface area contributed by atoms with Crippen LogP contribution >= 0.6 is 0 Å². The molecule has 1 saturated carbocycles. The molecule has 1 amide bonds. The molecule has 0 aliphatic heterocycles. The minimum Gasteiger partial charge on any atom is -0.399 e. The minimum atomic E-state index is -0.136. The first kappa shape index (κ1) is 14.9. The second kappa shape index (κ2) is 5.83. The van der Waals surface area contributed by atoms with Gasteiger partial charge in [-0.05, 0) is 56.8 Å². The number of nitrogens with one attached hydrogen (secondary N) is 1. The maximum Gasteiger partial charge on any atom is 0.241 e. The number of likely N-dealkylation sites (N-methyl/N-ethyl adjacent to an activating group) is 1. The van der Waals surface area contributed by atoms with Crippen molar-refractivity contribution >= 4 is 17.3 Å². The lowest BCUT2D eigenvalue weighted by molar-refractivity contribution is -0.120. The van der Waals surface area contributed by atoms with E-state index in [1.165, 1.54) is 6.42 Å². The zero-order chi connectivity index (χ0) is 14.9. The van der Waals surface area contributed by atoms with Gasteiger partial charge in [-0.15, -0.1) is 0 Å². The largest absolute Gasteiger partial charge is 0.399 e. The fourth-order valence-electron chi connectivity index (χ4n) is 2.39. The number of nitrogen functional groups attached to an aromatic ring is 1. The number of benzene rings is 1. The zero-order valence-electron chi connectivity index (χ0n) is 12.8. The number of amides is 1. The van der Waals surface area contributed by atoms with E-state index in [0.717, 1.165) is 29.6 Å². The lowest BCUT2D eigenvalue weighted by atomic mass is 10.1. The van der Waals surface area contributed by atoms with E-state index in [0.29, 0.717) is 5.69 Å². The lowest BCUT2D eigenvalue weighted by Gasteiger charge is -2.24. The molecule has 3 atom stereocenters. The van der Waals surface area contributed by atoms with Crippen molar-refractivity contribution in [2.75, 3.05) is 24.6 Å². The number of hydrogen-bond acceptors (Lipinski definition) is 3. The second-order valence-electron chi connectivity index (χ2n) is 6.15. The Kier molecular flexibility index (Phi) is 4.33. The molecule has 3 N–H and O–H groups in total. The highest BCUT2D eigenvalue weighted by Gasteiger charge is 2.34. The summed E-state index contributed by atoms with van der Waals surface area (Å²) in [5.74, 6) is 1.59. The minimum absolute atomic E-state index is 0.0227. The van der Waals surface area contributed by atoms with Crippen LogP contribution in [0.1, 0.15) is 25.8 Å². The summed E-state index contributed by atoms with van der Waals surface area (Å²) in [5.41, 5.74) is 8.26. The van der Waals surface area contributed by atoms with Gasteiger partial charge in [-0.1, -0.05) is 13.0 Å². The second-order valence-corrected chi connectivity index (χ2v) is 6.15. The van der Waals surface area contributed by atoms with E-state index in [4.69, 9.17) is 5.73 Å². The van der Waals surface area contributed by atoms with Crippen molar-refractivity contribution in [3.63, 3.8) is 0 Å². The van der Waals surface area contributed by atoms with Gasteiger partial charge < -0.3 is 11.1 Å². The highest BCUT2D eigenvalue weighted by Crippen LogP contribution is 2.38. The predicted molar refractivity (Wildman–Crippen MR) is 83.6 cm³/mol. The summed E-state index contributed by atoms with van der Waals surface area (Å²) in [6, 6.07) is 5.44. The van der Waals surface area contributed by atoms with E-state index in [9.17, 15) is 4.79 Å². The Morgan fingerprint density at radius 2 is 2.20 bits per heavy atom. The molecular weight excluding hydrogens is 250 g/mol. The normalized spacial score (nSPS) is 22.6. The molecule has 0 bridgehead atoms. The highest BCUT2D eigenvalue weighted by molar-refractivity contribution is 5.95. The highest BCUT2D eigenvalue weighted by atomic mass is 16.2. The maximum atomic E-state index is 12.3. The van der Waals surface area contributed by atoms with Crippen molar-refractivity contribution in [2.45, 2.75) is 33.2 Å². The van der Waals surface area contributed by atoms with Crippen molar-refractivity contribution < 1.29 is 4.79 Å². The molecular formula is C16H25N3O. The van der Waals surface area contributed by atoms with Crippen LogP contribution in [0.2, 0.25) is 0 Å². The van der Waals surface area contributed by atoms with Gasteiger partial charge in [-0.3, -0.25) is 9.69 Å². The Bertz CT molecular complexity index is 500. The number of rotatable bonds is 5. The molecule has 4 heteroatoms. The lowest BCUT2D eigenvalue weighted by Crippen LogP contribution is -2.40. The molecule has 0 radical (unpaired) electrons. The third kappa shape index (κ3) is 3.51. The number of nitrogens with two attached hydrogens (primary N) is 1. The smallest absolute Gasteiger partial charge is 0.241 e. The molecule has 0 heterocycles. The Labute approximate surface area is 121 Å².